The maximum absolute atomic E-state index is 12.5. The van der Waals surface area contributed by atoms with E-state index in [1.165, 1.54) is 0 Å². The Balaban J connectivity index is 1.58. The SMILES string of the molecule is CC1CCN(C(=O)NCc2cn(-c3ccccc3)nc2-c2ccccc2)C1. The van der Waals surface area contributed by atoms with Crippen LogP contribution in [0, 0.1) is 5.92 Å². The summed E-state index contributed by atoms with van der Waals surface area (Å²) in [7, 11) is 0. The summed E-state index contributed by atoms with van der Waals surface area (Å²) in [6.07, 6.45) is 3.08. The van der Waals surface area contributed by atoms with Crippen LogP contribution >= 0.6 is 0 Å². The fourth-order valence-corrected chi connectivity index (χ4v) is 3.49. The molecule has 1 saturated heterocycles. The van der Waals surface area contributed by atoms with Crippen molar-refractivity contribution in [3.63, 3.8) is 0 Å². The van der Waals surface area contributed by atoms with Crippen molar-refractivity contribution in [2.45, 2.75) is 19.9 Å². The highest BCUT2D eigenvalue weighted by atomic mass is 16.2. The Morgan fingerprint density at radius 2 is 1.81 bits per heavy atom. The molecule has 5 heteroatoms. The van der Waals surface area contributed by atoms with E-state index >= 15 is 0 Å². The minimum Gasteiger partial charge on any atom is -0.334 e. The van der Waals surface area contributed by atoms with Crippen molar-refractivity contribution >= 4 is 6.03 Å². The fraction of sp³-hybridized carbons (Fsp3) is 0.273. The van der Waals surface area contributed by atoms with Crippen LogP contribution in [0.15, 0.2) is 66.9 Å². The van der Waals surface area contributed by atoms with E-state index in [2.05, 4.69) is 12.2 Å². The maximum atomic E-state index is 12.5. The molecule has 1 aliphatic rings. The van der Waals surface area contributed by atoms with E-state index in [0.29, 0.717) is 12.5 Å². The molecule has 0 bridgehead atoms. The van der Waals surface area contributed by atoms with Gasteiger partial charge in [0.15, 0.2) is 0 Å². The standard InChI is InChI=1S/C22H24N4O/c1-17-12-13-25(15-17)22(27)23-14-19-16-26(20-10-6-3-7-11-20)24-21(19)18-8-4-2-5-9-18/h2-11,16-17H,12-15H2,1H3,(H,23,27). The molecule has 1 aromatic heterocycles. The van der Waals surface area contributed by atoms with E-state index in [0.717, 1.165) is 42.0 Å². The van der Waals surface area contributed by atoms with Crippen molar-refractivity contribution in [2.75, 3.05) is 13.1 Å². The first-order valence-electron chi connectivity index (χ1n) is 9.43. The second kappa shape index (κ2) is 7.66. The summed E-state index contributed by atoms with van der Waals surface area (Å²) < 4.78 is 1.88. The van der Waals surface area contributed by atoms with E-state index in [4.69, 9.17) is 5.10 Å². The normalized spacial score (nSPS) is 16.5. The highest BCUT2D eigenvalue weighted by molar-refractivity contribution is 5.75. The Hall–Kier alpha value is -3.08. The van der Waals surface area contributed by atoms with Crippen molar-refractivity contribution < 1.29 is 4.79 Å². The summed E-state index contributed by atoms with van der Waals surface area (Å²) in [5.74, 6) is 0.580. The molecule has 3 aromatic rings. The lowest BCUT2D eigenvalue weighted by atomic mass is 10.1. The van der Waals surface area contributed by atoms with Crippen molar-refractivity contribution in [3.8, 4) is 16.9 Å². The van der Waals surface area contributed by atoms with Crippen molar-refractivity contribution in [3.05, 3.63) is 72.4 Å². The molecule has 1 atom stereocenters. The van der Waals surface area contributed by atoms with E-state index in [-0.39, 0.29) is 6.03 Å². The molecule has 4 rings (SSSR count). The van der Waals surface area contributed by atoms with Crippen molar-refractivity contribution in [1.82, 2.24) is 20.0 Å². The molecule has 2 amide bonds. The number of aromatic nitrogens is 2. The monoisotopic (exact) mass is 360 g/mol. The molecule has 0 saturated carbocycles. The summed E-state index contributed by atoms with van der Waals surface area (Å²) in [5.41, 5.74) is 3.95. The number of rotatable bonds is 4. The summed E-state index contributed by atoms with van der Waals surface area (Å²) in [6, 6.07) is 20.1. The lowest BCUT2D eigenvalue weighted by molar-refractivity contribution is 0.207. The molecule has 0 radical (unpaired) electrons. The molecule has 2 heterocycles. The van der Waals surface area contributed by atoms with Crippen molar-refractivity contribution in [2.24, 2.45) is 5.92 Å². The first-order chi connectivity index (χ1) is 13.2. The first-order valence-corrected chi connectivity index (χ1v) is 9.43. The van der Waals surface area contributed by atoms with Gasteiger partial charge in [-0.25, -0.2) is 9.48 Å². The third-order valence-corrected chi connectivity index (χ3v) is 5.00. The van der Waals surface area contributed by atoms with E-state index < -0.39 is 0 Å². The Bertz CT molecular complexity index is 905. The van der Waals surface area contributed by atoms with Crippen LogP contribution < -0.4 is 5.32 Å². The molecular formula is C22H24N4O. The molecule has 1 aliphatic heterocycles. The molecule has 1 unspecified atom stereocenters. The number of para-hydroxylation sites is 1. The van der Waals surface area contributed by atoms with Gasteiger partial charge in [0, 0.05) is 37.0 Å². The van der Waals surface area contributed by atoms with Crippen LogP contribution in [0.4, 0.5) is 4.79 Å². The number of carbonyl (C=O) groups excluding carboxylic acids is 1. The molecule has 2 aromatic carbocycles. The smallest absolute Gasteiger partial charge is 0.317 e. The molecule has 138 valence electrons. The molecule has 1 fully saturated rings. The summed E-state index contributed by atoms with van der Waals surface area (Å²) in [4.78, 5) is 14.4. The van der Waals surface area contributed by atoms with Crippen LogP contribution in [-0.2, 0) is 6.54 Å². The van der Waals surface area contributed by atoms with Crippen molar-refractivity contribution in [1.29, 1.82) is 0 Å². The molecule has 0 aliphatic carbocycles. The second-order valence-corrected chi connectivity index (χ2v) is 7.15. The van der Waals surface area contributed by atoms with E-state index in [1.54, 1.807) is 0 Å². The lowest BCUT2D eigenvalue weighted by Crippen LogP contribution is -2.38. The highest BCUT2D eigenvalue weighted by Gasteiger charge is 2.23. The van der Waals surface area contributed by atoms with Gasteiger partial charge < -0.3 is 10.2 Å². The van der Waals surface area contributed by atoms with Gasteiger partial charge in [0.2, 0.25) is 0 Å². The van der Waals surface area contributed by atoms with Crippen LogP contribution in [0.25, 0.3) is 16.9 Å². The Morgan fingerprint density at radius 1 is 1.11 bits per heavy atom. The lowest BCUT2D eigenvalue weighted by Gasteiger charge is -2.16. The largest absolute Gasteiger partial charge is 0.334 e. The third-order valence-electron chi connectivity index (χ3n) is 5.00. The summed E-state index contributed by atoms with van der Waals surface area (Å²) in [5, 5.41) is 7.86. The average Bonchev–Trinajstić information content (AvgIpc) is 3.34. The zero-order valence-electron chi connectivity index (χ0n) is 15.5. The number of benzene rings is 2. The van der Waals surface area contributed by atoms with E-state index in [9.17, 15) is 4.79 Å². The summed E-state index contributed by atoms with van der Waals surface area (Å²) >= 11 is 0. The van der Waals surface area contributed by atoms with Gasteiger partial charge in [0.25, 0.3) is 0 Å². The Kier molecular flexibility index (Phi) is 4.92. The Morgan fingerprint density at radius 3 is 2.48 bits per heavy atom. The van der Waals surface area contributed by atoms with Gasteiger partial charge in [-0.1, -0.05) is 55.5 Å². The van der Waals surface area contributed by atoms with Crippen LogP contribution in [-0.4, -0.2) is 33.8 Å². The van der Waals surface area contributed by atoms with Gasteiger partial charge in [-0.3, -0.25) is 0 Å². The number of hydrogen-bond donors (Lipinski definition) is 1. The zero-order chi connectivity index (χ0) is 18.6. The molecule has 27 heavy (non-hydrogen) atoms. The second-order valence-electron chi connectivity index (χ2n) is 7.15. The predicted octanol–water partition coefficient (Wildman–Crippen LogP) is 4.09. The minimum atomic E-state index is 0.00539. The quantitative estimate of drug-likeness (QED) is 0.762. The van der Waals surface area contributed by atoms with Gasteiger partial charge in [0.05, 0.1) is 11.4 Å². The molecular weight excluding hydrogens is 336 g/mol. The number of hydrogen-bond acceptors (Lipinski definition) is 2. The summed E-state index contributed by atoms with van der Waals surface area (Å²) in [6.45, 7) is 4.31. The molecule has 5 nitrogen and oxygen atoms in total. The third kappa shape index (κ3) is 3.87. The average molecular weight is 360 g/mol. The fourth-order valence-electron chi connectivity index (χ4n) is 3.49. The number of likely N-dealkylation sites (tertiary alicyclic amines) is 1. The number of amides is 2. The number of urea groups is 1. The number of carbonyl (C=O) groups is 1. The number of nitrogens with zero attached hydrogens (tertiary/aromatic N) is 3. The van der Waals surface area contributed by atoms with Crippen LogP contribution in [0.1, 0.15) is 18.9 Å². The predicted molar refractivity (Wildman–Crippen MR) is 107 cm³/mol. The van der Waals surface area contributed by atoms with Gasteiger partial charge in [-0.05, 0) is 24.5 Å². The van der Waals surface area contributed by atoms with Gasteiger partial charge >= 0.3 is 6.03 Å². The van der Waals surface area contributed by atoms with Crippen LogP contribution in [0.3, 0.4) is 0 Å². The Labute approximate surface area is 159 Å². The topological polar surface area (TPSA) is 50.2 Å². The first kappa shape index (κ1) is 17.3. The maximum Gasteiger partial charge on any atom is 0.317 e. The van der Waals surface area contributed by atoms with Gasteiger partial charge in [-0.15, -0.1) is 0 Å². The van der Waals surface area contributed by atoms with E-state index in [1.807, 2.05) is 76.4 Å². The number of nitrogens with one attached hydrogen (secondary N) is 1. The van der Waals surface area contributed by atoms with Crippen LogP contribution in [0.2, 0.25) is 0 Å². The molecule has 1 N–H and O–H groups in total. The van der Waals surface area contributed by atoms with Crippen LogP contribution in [0.5, 0.6) is 0 Å². The van der Waals surface area contributed by atoms with Gasteiger partial charge in [-0.2, -0.15) is 5.10 Å². The zero-order valence-corrected chi connectivity index (χ0v) is 15.5. The molecule has 0 spiro atoms. The van der Waals surface area contributed by atoms with Gasteiger partial charge in [0.1, 0.15) is 0 Å². The minimum absolute atomic E-state index is 0.00539. The highest BCUT2D eigenvalue weighted by Crippen LogP contribution is 2.24.